The van der Waals surface area contributed by atoms with E-state index in [1.165, 1.54) is 5.56 Å². The molecule has 7 nitrogen and oxygen atoms in total. The Bertz CT molecular complexity index is 1860. The molecule has 0 aromatic heterocycles. The maximum atomic E-state index is 13.5. The minimum atomic E-state index is -0.975. The van der Waals surface area contributed by atoms with Crippen LogP contribution in [0.3, 0.4) is 0 Å². The van der Waals surface area contributed by atoms with Crippen LogP contribution in [0.1, 0.15) is 60.1 Å². The Labute approximate surface area is 294 Å². The van der Waals surface area contributed by atoms with E-state index >= 15 is 0 Å². The number of fused-ring (bicyclic) bond motifs is 3. The van der Waals surface area contributed by atoms with Crippen LogP contribution in [-0.2, 0) is 33.9 Å². The zero-order valence-electron chi connectivity index (χ0n) is 29.0. The first kappa shape index (κ1) is 34.3. The van der Waals surface area contributed by atoms with E-state index in [4.69, 9.17) is 18.9 Å². The van der Waals surface area contributed by atoms with E-state index < -0.39 is 18.1 Å². The molecule has 0 bridgehead atoms. The van der Waals surface area contributed by atoms with Gasteiger partial charge in [-0.25, -0.2) is 9.59 Å². The van der Waals surface area contributed by atoms with Crippen LogP contribution < -0.4 is 14.8 Å². The van der Waals surface area contributed by atoms with E-state index in [1.807, 2.05) is 106 Å². The van der Waals surface area contributed by atoms with Gasteiger partial charge in [0.15, 0.2) is 0 Å². The molecule has 1 amide bonds. The van der Waals surface area contributed by atoms with Gasteiger partial charge in [-0.15, -0.1) is 0 Å². The highest BCUT2D eigenvalue weighted by Gasteiger charge is 2.30. The number of aryl methyl sites for hydroxylation is 1. The summed E-state index contributed by atoms with van der Waals surface area (Å²) in [6.07, 6.45) is -0.471. The van der Waals surface area contributed by atoms with Crippen molar-refractivity contribution in [2.75, 3.05) is 6.61 Å². The number of esters is 1. The molecule has 0 heterocycles. The van der Waals surface area contributed by atoms with Gasteiger partial charge >= 0.3 is 12.1 Å². The third kappa shape index (κ3) is 8.91. The summed E-state index contributed by atoms with van der Waals surface area (Å²) in [5.74, 6) is 0.775. The summed E-state index contributed by atoms with van der Waals surface area (Å²) in [6, 6.07) is 38.5. The first-order valence-corrected chi connectivity index (χ1v) is 16.9. The van der Waals surface area contributed by atoms with Crippen molar-refractivity contribution >= 4 is 12.1 Å². The minimum Gasteiger partial charge on any atom is -0.489 e. The van der Waals surface area contributed by atoms with Gasteiger partial charge in [-0.05, 0) is 90.9 Å². The van der Waals surface area contributed by atoms with Crippen molar-refractivity contribution in [1.82, 2.24) is 5.32 Å². The summed E-state index contributed by atoms with van der Waals surface area (Å²) in [6.45, 7) is 8.64. The van der Waals surface area contributed by atoms with Crippen molar-refractivity contribution in [3.05, 3.63) is 155 Å². The van der Waals surface area contributed by atoms with Crippen molar-refractivity contribution in [2.45, 2.75) is 64.9 Å². The fourth-order valence-corrected chi connectivity index (χ4v) is 6.05. The van der Waals surface area contributed by atoms with Gasteiger partial charge in [0.2, 0.25) is 0 Å². The van der Waals surface area contributed by atoms with Gasteiger partial charge in [0.25, 0.3) is 0 Å². The van der Waals surface area contributed by atoms with E-state index in [9.17, 15) is 9.59 Å². The molecule has 50 heavy (non-hydrogen) atoms. The molecule has 6 rings (SSSR count). The molecular formula is C43H43NO6. The van der Waals surface area contributed by atoms with Crippen LogP contribution in [0.5, 0.6) is 11.5 Å². The normalized spacial score (nSPS) is 12.7. The Hall–Kier alpha value is -5.56. The number of carbonyl (C=O) groups excluding carboxylic acids is 2. The second-order valence-corrected chi connectivity index (χ2v) is 13.6. The lowest BCUT2D eigenvalue weighted by Crippen LogP contribution is -2.43. The van der Waals surface area contributed by atoms with E-state index in [1.54, 1.807) is 0 Å². The standard InChI is InChI=1S/C43H43NO6/c1-29-13-15-31(16-14-29)26-47-33-21-19-32(20-22-33)27-48-41(45)40(25-30-17-23-34(24-18-30)50-43(2,3)4)44-42(46)49-28-39-37-11-7-5-9-35(37)36-10-6-8-12-38(36)39/h5-24,39-40H,25-28H2,1-4H3,(H,44,46)/t40-/m1/s1. The molecule has 1 atom stereocenters. The SMILES string of the molecule is Cc1ccc(COc2ccc(COC(=O)[C@@H](Cc3ccc(OC(C)(C)C)cc3)NC(=O)OCC3c4ccccc4-c4ccccc43)cc2)cc1. The van der Waals surface area contributed by atoms with Crippen LogP contribution in [0.2, 0.25) is 0 Å². The lowest BCUT2D eigenvalue weighted by atomic mass is 9.98. The second-order valence-electron chi connectivity index (χ2n) is 13.6. The van der Waals surface area contributed by atoms with Gasteiger partial charge < -0.3 is 24.3 Å². The summed E-state index contributed by atoms with van der Waals surface area (Å²) in [5, 5.41) is 2.78. The van der Waals surface area contributed by atoms with Crippen LogP contribution in [0.15, 0.2) is 121 Å². The number of hydrogen-bond acceptors (Lipinski definition) is 6. The molecule has 0 radical (unpaired) electrons. The van der Waals surface area contributed by atoms with Crippen molar-refractivity contribution in [3.8, 4) is 22.6 Å². The largest absolute Gasteiger partial charge is 0.489 e. The van der Waals surface area contributed by atoms with Gasteiger partial charge in [-0.1, -0.05) is 103 Å². The number of nitrogens with one attached hydrogen (secondary N) is 1. The molecule has 1 aliphatic rings. The van der Waals surface area contributed by atoms with Crippen LogP contribution in [0, 0.1) is 6.92 Å². The number of benzene rings is 5. The molecule has 0 fully saturated rings. The molecule has 256 valence electrons. The Balaban J connectivity index is 1.09. The predicted molar refractivity (Wildman–Crippen MR) is 194 cm³/mol. The Morgan fingerprint density at radius 2 is 1.20 bits per heavy atom. The van der Waals surface area contributed by atoms with Crippen LogP contribution in [-0.4, -0.2) is 30.3 Å². The number of rotatable bonds is 12. The van der Waals surface area contributed by atoms with E-state index in [-0.39, 0.29) is 31.2 Å². The molecule has 0 saturated carbocycles. The van der Waals surface area contributed by atoms with Crippen molar-refractivity contribution in [3.63, 3.8) is 0 Å². The number of alkyl carbamates (subject to hydrolysis) is 1. The zero-order valence-corrected chi connectivity index (χ0v) is 29.0. The lowest BCUT2D eigenvalue weighted by molar-refractivity contribution is -0.147. The van der Waals surface area contributed by atoms with Gasteiger partial charge in [0.1, 0.15) is 43.0 Å². The molecule has 5 aromatic rings. The molecule has 5 aromatic carbocycles. The molecular weight excluding hydrogens is 626 g/mol. The topological polar surface area (TPSA) is 83.1 Å². The molecule has 0 spiro atoms. The second kappa shape index (κ2) is 15.3. The quantitative estimate of drug-likeness (QED) is 0.134. The predicted octanol–water partition coefficient (Wildman–Crippen LogP) is 8.94. The lowest BCUT2D eigenvalue weighted by Gasteiger charge is -2.22. The highest BCUT2D eigenvalue weighted by Crippen LogP contribution is 2.44. The monoisotopic (exact) mass is 669 g/mol. The molecule has 0 aliphatic heterocycles. The summed E-state index contributed by atoms with van der Waals surface area (Å²) in [5.41, 5.74) is 8.08. The van der Waals surface area contributed by atoms with E-state index in [2.05, 4.69) is 48.6 Å². The van der Waals surface area contributed by atoms with Gasteiger partial charge in [-0.3, -0.25) is 0 Å². The zero-order chi connectivity index (χ0) is 35.1. The Morgan fingerprint density at radius 1 is 0.660 bits per heavy atom. The smallest absolute Gasteiger partial charge is 0.407 e. The Morgan fingerprint density at radius 3 is 1.82 bits per heavy atom. The van der Waals surface area contributed by atoms with E-state index in [0.29, 0.717) is 12.4 Å². The number of carbonyl (C=O) groups is 2. The van der Waals surface area contributed by atoms with Crippen molar-refractivity contribution in [2.24, 2.45) is 0 Å². The molecule has 7 heteroatoms. The maximum absolute atomic E-state index is 13.5. The highest BCUT2D eigenvalue weighted by molar-refractivity contribution is 5.82. The molecule has 1 aliphatic carbocycles. The average molecular weight is 670 g/mol. The third-order valence-corrected chi connectivity index (χ3v) is 8.54. The maximum Gasteiger partial charge on any atom is 0.407 e. The number of hydrogen-bond donors (Lipinski definition) is 1. The highest BCUT2D eigenvalue weighted by atomic mass is 16.6. The van der Waals surface area contributed by atoms with E-state index in [0.717, 1.165) is 44.7 Å². The summed E-state index contributed by atoms with van der Waals surface area (Å²) >= 11 is 0. The first-order valence-electron chi connectivity index (χ1n) is 16.9. The third-order valence-electron chi connectivity index (χ3n) is 8.54. The number of ether oxygens (including phenoxy) is 4. The van der Waals surface area contributed by atoms with Crippen LogP contribution >= 0.6 is 0 Å². The Kier molecular flexibility index (Phi) is 10.5. The molecule has 0 unspecified atom stereocenters. The van der Waals surface area contributed by atoms with Crippen LogP contribution in [0.4, 0.5) is 4.79 Å². The minimum absolute atomic E-state index is 0.0400. The first-order chi connectivity index (χ1) is 24.1. The van der Waals surface area contributed by atoms with Gasteiger partial charge in [0, 0.05) is 12.3 Å². The molecule has 1 N–H and O–H groups in total. The molecule has 0 saturated heterocycles. The van der Waals surface area contributed by atoms with Gasteiger partial charge in [0.05, 0.1) is 0 Å². The van der Waals surface area contributed by atoms with Crippen LogP contribution in [0.25, 0.3) is 11.1 Å². The summed E-state index contributed by atoms with van der Waals surface area (Å²) < 4.78 is 23.4. The summed E-state index contributed by atoms with van der Waals surface area (Å²) in [7, 11) is 0. The van der Waals surface area contributed by atoms with Crippen molar-refractivity contribution in [1.29, 1.82) is 0 Å². The van der Waals surface area contributed by atoms with Gasteiger partial charge in [-0.2, -0.15) is 0 Å². The van der Waals surface area contributed by atoms with Crippen molar-refractivity contribution < 1.29 is 28.5 Å². The fourth-order valence-electron chi connectivity index (χ4n) is 6.05. The average Bonchev–Trinajstić information content (AvgIpc) is 3.43. The summed E-state index contributed by atoms with van der Waals surface area (Å²) in [4.78, 5) is 26.8. The fraction of sp³-hybridized carbons (Fsp3) is 0.256. The number of amides is 1.